The highest BCUT2D eigenvalue weighted by molar-refractivity contribution is 5.80. The molecule has 2 rings (SSSR count). The summed E-state index contributed by atoms with van der Waals surface area (Å²) in [6.07, 6.45) is 8.26. The molecule has 1 heterocycles. The van der Waals surface area contributed by atoms with Crippen LogP contribution in [0.1, 0.15) is 37.8 Å². The average molecular weight is 206 g/mol. The molecule has 0 aliphatic heterocycles. The van der Waals surface area contributed by atoms with Gasteiger partial charge in [-0.05, 0) is 12.0 Å². The molecule has 1 fully saturated rings. The molecule has 1 aliphatic rings. The van der Waals surface area contributed by atoms with Crippen molar-refractivity contribution in [1.82, 2.24) is 9.78 Å². The monoisotopic (exact) mass is 206 g/mol. The Labute approximate surface area is 90.5 Å². The highest BCUT2D eigenvalue weighted by Gasteiger charge is 2.18. The van der Waals surface area contributed by atoms with E-state index < -0.39 is 0 Å². The van der Waals surface area contributed by atoms with Gasteiger partial charge in [0.15, 0.2) is 0 Å². The van der Waals surface area contributed by atoms with E-state index in [1.54, 1.807) is 4.68 Å². The van der Waals surface area contributed by atoms with Crippen molar-refractivity contribution < 1.29 is 4.79 Å². The largest absolute Gasteiger partial charge is 0.299 e. The molecule has 0 atom stereocenters. The van der Waals surface area contributed by atoms with Gasteiger partial charge in [-0.1, -0.05) is 25.7 Å². The maximum Gasteiger partial charge on any atom is 0.139 e. The minimum atomic E-state index is 0.348. The van der Waals surface area contributed by atoms with Crippen LogP contribution in [0.25, 0.3) is 0 Å². The number of Topliss-reactive ketones (excluding diaryl/α,β-unsaturated/α-hetero) is 1. The Morgan fingerprint density at radius 1 is 1.53 bits per heavy atom. The Balaban J connectivity index is 1.81. The van der Waals surface area contributed by atoms with Gasteiger partial charge in [0, 0.05) is 19.7 Å². The lowest BCUT2D eigenvalue weighted by Crippen LogP contribution is -2.08. The van der Waals surface area contributed by atoms with E-state index in [9.17, 15) is 4.79 Å². The van der Waals surface area contributed by atoms with Crippen molar-refractivity contribution in [3.8, 4) is 0 Å². The Morgan fingerprint density at radius 3 is 2.87 bits per heavy atom. The van der Waals surface area contributed by atoms with Crippen molar-refractivity contribution in [1.29, 1.82) is 0 Å². The first-order valence-electron chi connectivity index (χ1n) is 5.74. The van der Waals surface area contributed by atoms with E-state index in [0.717, 1.165) is 12.1 Å². The zero-order chi connectivity index (χ0) is 10.7. The van der Waals surface area contributed by atoms with Crippen LogP contribution in [0.4, 0.5) is 0 Å². The lowest BCUT2D eigenvalue weighted by atomic mass is 9.99. The molecule has 0 aromatic carbocycles. The molecule has 0 spiro atoms. The minimum Gasteiger partial charge on any atom is -0.299 e. The first-order valence-corrected chi connectivity index (χ1v) is 5.74. The van der Waals surface area contributed by atoms with Crippen molar-refractivity contribution in [2.45, 2.75) is 38.5 Å². The van der Waals surface area contributed by atoms with Crippen LogP contribution in [0.15, 0.2) is 12.3 Å². The predicted molar refractivity (Wildman–Crippen MR) is 58.5 cm³/mol. The highest BCUT2D eigenvalue weighted by atomic mass is 16.1. The van der Waals surface area contributed by atoms with E-state index in [4.69, 9.17) is 0 Å². The van der Waals surface area contributed by atoms with Crippen LogP contribution >= 0.6 is 0 Å². The lowest BCUT2D eigenvalue weighted by Gasteiger charge is -2.06. The molecule has 1 aromatic heterocycles. The first-order chi connectivity index (χ1) is 7.24. The van der Waals surface area contributed by atoms with Crippen molar-refractivity contribution in [3.63, 3.8) is 0 Å². The normalized spacial score (nSPS) is 17.1. The SMILES string of the molecule is Cn1ccc(CC(=O)CC2CCCC2)n1. The van der Waals surface area contributed by atoms with Crippen LogP contribution < -0.4 is 0 Å². The molecule has 1 aromatic rings. The number of hydrogen-bond donors (Lipinski definition) is 0. The van der Waals surface area contributed by atoms with Crippen LogP contribution in [0, 0.1) is 5.92 Å². The minimum absolute atomic E-state index is 0.348. The number of aryl methyl sites for hydroxylation is 1. The van der Waals surface area contributed by atoms with Gasteiger partial charge in [0.1, 0.15) is 5.78 Å². The zero-order valence-corrected chi connectivity index (χ0v) is 9.28. The molecule has 0 bridgehead atoms. The number of ketones is 1. The summed E-state index contributed by atoms with van der Waals surface area (Å²) < 4.78 is 1.75. The van der Waals surface area contributed by atoms with E-state index in [2.05, 4.69) is 5.10 Å². The van der Waals surface area contributed by atoms with E-state index in [1.807, 2.05) is 19.3 Å². The summed E-state index contributed by atoms with van der Waals surface area (Å²) >= 11 is 0. The van der Waals surface area contributed by atoms with Crippen LogP contribution in [-0.2, 0) is 18.3 Å². The third-order valence-electron chi connectivity index (χ3n) is 3.14. The number of carbonyl (C=O) groups excluding carboxylic acids is 1. The van der Waals surface area contributed by atoms with E-state index in [0.29, 0.717) is 18.1 Å². The Bertz CT molecular complexity index is 337. The zero-order valence-electron chi connectivity index (χ0n) is 9.28. The van der Waals surface area contributed by atoms with Crippen LogP contribution in [0.2, 0.25) is 0 Å². The molecule has 3 heteroatoms. The lowest BCUT2D eigenvalue weighted by molar-refractivity contribution is -0.119. The molecule has 1 saturated carbocycles. The second kappa shape index (κ2) is 4.60. The number of carbonyl (C=O) groups is 1. The van der Waals surface area contributed by atoms with Crippen LogP contribution in [0.5, 0.6) is 0 Å². The number of nitrogens with zero attached hydrogens (tertiary/aromatic N) is 2. The van der Waals surface area contributed by atoms with Crippen molar-refractivity contribution in [2.75, 3.05) is 0 Å². The van der Waals surface area contributed by atoms with Crippen LogP contribution in [0.3, 0.4) is 0 Å². The fourth-order valence-corrected chi connectivity index (χ4v) is 2.37. The van der Waals surface area contributed by atoms with Crippen LogP contribution in [-0.4, -0.2) is 15.6 Å². The highest BCUT2D eigenvalue weighted by Crippen LogP contribution is 2.27. The first kappa shape index (κ1) is 10.4. The number of rotatable bonds is 4. The molecule has 0 radical (unpaired) electrons. The topological polar surface area (TPSA) is 34.9 Å². The summed E-state index contributed by atoms with van der Waals surface area (Å²) in [5.41, 5.74) is 0.903. The van der Waals surface area contributed by atoms with E-state index in [-0.39, 0.29) is 0 Å². The third-order valence-corrected chi connectivity index (χ3v) is 3.14. The second-order valence-electron chi connectivity index (χ2n) is 4.55. The van der Waals surface area contributed by atoms with Crippen molar-refractivity contribution in [3.05, 3.63) is 18.0 Å². The summed E-state index contributed by atoms with van der Waals surface area (Å²) in [7, 11) is 1.88. The maximum atomic E-state index is 11.7. The van der Waals surface area contributed by atoms with Gasteiger partial charge in [-0.3, -0.25) is 9.48 Å². The smallest absolute Gasteiger partial charge is 0.139 e. The molecule has 3 nitrogen and oxygen atoms in total. The Hall–Kier alpha value is -1.12. The summed E-state index contributed by atoms with van der Waals surface area (Å²) in [4.78, 5) is 11.7. The van der Waals surface area contributed by atoms with Gasteiger partial charge in [-0.25, -0.2) is 0 Å². The maximum absolute atomic E-state index is 11.7. The number of aromatic nitrogens is 2. The second-order valence-corrected chi connectivity index (χ2v) is 4.55. The summed E-state index contributed by atoms with van der Waals surface area (Å²) in [6, 6.07) is 1.92. The number of hydrogen-bond acceptors (Lipinski definition) is 2. The Morgan fingerprint density at radius 2 is 2.27 bits per heavy atom. The van der Waals surface area contributed by atoms with E-state index in [1.165, 1.54) is 25.7 Å². The standard InChI is InChI=1S/C12H18N2O/c1-14-7-6-11(13-14)9-12(15)8-10-4-2-3-5-10/h6-7,10H,2-5,8-9H2,1H3. The predicted octanol–water partition coefficient (Wildman–Crippen LogP) is 2.11. The van der Waals surface area contributed by atoms with Gasteiger partial charge in [0.25, 0.3) is 0 Å². The molecule has 0 unspecified atom stereocenters. The molecule has 0 saturated heterocycles. The summed E-state index contributed by atoms with van der Waals surface area (Å²) in [5.74, 6) is 1.00. The van der Waals surface area contributed by atoms with Gasteiger partial charge in [-0.15, -0.1) is 0 Å². The molecule has 1 aliphatic carbocycles. The van der Waals surface area contributed by atoms with Gasteiger partial charge in [0.05, 0.1) is 12.1 Å². The molecule has 82 valence electrons. The van der Waals surface area contributed by atoms with Crippen molar-refractivity contribution >= 4 is 5.78 Å². The van der Waals surface area contributed by atoms with Gasteiger partial charge < -0.3 is 0 Å². The summed E-state index contributed by atoms with van der Waals surface area (Å²) in [5, 5.41) is 4.22. The molecule has 15 heavy (non-hydrogen) atoms. The molecule has 0 N–H and O–H groups in total. The fraction of sp³-hybridized carbons (Fsp3) is 0.667. The Kier molecular flexibility index (Phi) is 3.19. The fourth-order valence-electron chi connectivity index (χ4n) is 2.37. The van der Waals surface area contributed by atoms with Gasteiger partial charge in [0.2, 0.25) is 0 Å². The molecular formula is C12H18N2O. The molecule has 0 amide bonds. The molecular weight excluding hydrogens is 188 g/mol. The van der Waals surface area contributed by atoms with E-state index >= 15 is 0 Å². The third kappa shape index (κ3) is 2.91. The summed E-state index contributed by atoms with van der Waals surface area (Å²) in [6.45, 7) is 0. The van der Waals surface area contributed by atoms with Gasteiger partial charge >= 0.3 is 0 Å². The average Bonchev–Trinajstić information content (AvgIpc) is 2.77. The van der Waals surface area contributed by atoms with Gasteiger partial charge in [-0.2, -0.15) is 5.10 Å². The quantitative estimate of drug-likeness (QED) is 0.756. The van der Waals surface area contributed by atoms with Crippen molar-refractivity contribution in [2.24, 2.45) is 13.0 Å².